The van der Waals surface area contributed by atoms with Crippen LogP contribution in [0.4, 0.5) is 0 Å². The molecule has 0 radical (unpaired) electrons. The number of carbonyl (C=O) groups is 3. The minimum Gasteiger partial charge on any atom is -0.480 e. The molecule has 3 N–H and O–H groups in total. The zero-order valence-corrected chi connectivity index (χ0v) is 10.2. The van der Waals surface area contributed by atoms with Crippen molar-refractivity contribution in [1.82, 2.24) is 4.90 Å². The van der Waals surface area contributed by atoms with Crippen molar-refractivity contribution in [2.75, 3.05) is 13.2 Å². The predicted molar refractivity (Wildman–Crippen MR) is 59.1 cm³/mol. The molecule has 1 amide bonds. The molecule has 0 spiro atoms. The SMILES string of the molecule is CCOC(=O)C(N)C(=O)N(CC(=O)O)C(C)C. The van der Waals surface area contributed by atoms with E-state index in [9.17, 15) is 14.4 Å². The molecule has 1 atom stereocenters. The number of nitrogens with zero attached hydrogens (tertiary/aromatic N) is 1. The Balaban J connectivity index is 4.71. The van der Waals surface area contributed by atoms with Crippen molar-refractivity contribution in [2.24, 2.45) is 5.73 Å². The van der Waals surface area contributed by atoms with E-state index in [4.69, 9.17) is 10.8 Å². The van der Waals surface area contributed by atoms with Crippen LogP contribution in [0.5, 0.6) is 0 Å². The zero-order chi connectivity index (χ0) is 13.6. The number of hydrogen-bond donors (Lipinski definition) is 2. The molecule has 0 fully saturated rings. The van der Waals surface area contributed by atoms with Gasteiger partial charge in [-0.2, -0.15) is 0 Å². The first-order valence-corrected chi connectivity index (χ1v) is 5.25. The number of carboxylic acids is 1. The number of carboxylic acid groups (broad SMARTS) is 1. The number of aliphatic carboxylic acids is 1. The second-order valence-corrected chi connectivity index (χ2v) is 3.68. The topological polar surface area (TPSA) is 110 Å². The summed E-state index contributed by atoms with van der Waals surface area (Å²) in [5.74, 6) is -2.77. The number of rotatable bonds is 6. The lowest BCUT2D eigenvalue weighted by Crippen LogP contribution is -2.52. The summed E-state index contributed by atoms with van der Waals surface area (Å²) in [4.78, 5) is 34.6. The van der Waals surface area contributed by atoms with Crippen molar-refractivity contribution in [2.45, 2.75) is 32.9 Å². The quantitative estimate of drug-likeness (QED) is 0.469. The monoisotopic (exact) mass is 246 g/mol. The molecule has 0 aliphatic rings. The lowest BCUT2D eigenvalue weighted by molar-refractivity contribution is -0.154. The first kappa shape index (κ1) is 15.4. The number of nitrogens with two attached hydrogens (primary N) is 1. The Morgan fingerprint density at radius 1 is 1.35 bits per heavy atom. The van der Waals surface area contributed by atoms with Crippen LogP contribution in [-0.4, -0.2) is 53.1 Å². The summed E-state index contributed by atoms with van der Waals surface area (Å²) >= 11 is 0. The van der Waals surface area contributed by atoms with E-state index in [1.807, 2.05) is 0 Å². The van der Waals surface area contributed by atoms with E-state index in [2.05, 4.69) is 4.74 Å². The van der Waals surface area contributed by atoms with Crippen LogP contribution in [0.25, 0.3) is 0 Å². The van der Waals surface area contributed by atoms with Gasteiger partial charge in [-0.05, 0) is 20.8 Å². The molecule has 1 unspecified atom stereocenters. The molecule has 0 aliphatic carbocycles. The summed E-state index contributed by atoms with van der Waals surface area (Å²) in [5, 5.41) is 8.65. The zero-order valence-electron chi connectivity index (χ0n) is 10.2. The Morgan fingerprint density at radius 2 is 1.88 bits per heavy atom. The van der Waals surface area contributed by atoms with Gasteiger partial charge in [0.25, 0.3) is 5.91 Å². The van der Waals surface area contributed by atoms with Gasteiger partial charge < -0.3 is 20.5 Å². The molecule has 17 heavy (non-hydrogen) atoms. The van der Waals surface area contributed by atoms with Crippen molar-refractivity contribution in [3.05, 3.63) is 0 Å². The Bertz CT molecular complexity index is 303. The second-order valence-electron chi connectivity index (χ2n) is 3.68. The summed E-state index contributed by atoms with van der Waals surface area (Å²) < 4.78 is 4.60. The highest BCUT2D eigenvalue weighted by molar-refractivity contribution is 6.02. The lowest BCUT2D eigenvalue weighted by Gasteiger charge is -2.26. The van der Waals surface area contributed by atoms with Gasteiger partial charge in [0.15, 0.2) is 6.04 Å². The van der Waals surface area contributed by atoms with Gasteiger partial charge in [0, 0.05) is 6.04 Å². The van der Waals surface area contributed by atoms with Crippen molar-refractivity contribution >= 4 is 17.8 Å². The van der Waals surface area contributed by atoms with Gasteiger partial charge >= 0.3 is 11.9 Å². The van der Waals surface area contributed by atoms with Crippen LogP contribution in [0, 0.1) is 0 Å². The average molecular weight is 246 g/mol. The Morgan fingerprint density at radius 3 is 2.24 bits per heavy atom. The third-order valence-corrected chi connectivity index (χ3v) is 2.02. The van der Waals surface area contributed by atoms with Gasteiger partial charge in [0.2, 0.25) is 0 Å². The highest BCUT2D eigenvalue weighted by Gasteiger charge is 2.30. The smallest absolute Gasteiger partial charge is 0.332 e. The van der Waals surface area contributed by atoms with Gasteiger partial charge in [-0.15, -0.1) is 0 Å². The van der Waals surface area contributed by atoms with Crippen molar-refractivity contribution in [1.29, 1.82) is 0 Å². The predicted octanol–water partition coefficient (Wildman–Crippen LogP) is -0.802. The fraction of sp³-hybridized carbons (Fsp3) is 0.700. The molecule has 0 heterocycles. The molecular formula is C10H18N2O5. The molecule has 0 saturated carbocycles. The van der Waals surface area contributed by atoms with Crippen LogP contribution in [-0.2, 0) is 19.1 Å². The molecule has 0 bridgehead atoms. The molecular weight excluding hydrogens is 228 g/mol. The summed E-state index contributed by atoms with van der Waals surface area (Å²) in [7, 11) is 0. The summed E-state index contributed by atoms with van der Waals surface area (Å²) in [6.07, 6.45) is 0. The fourth-order valence-electron chi connectivity index (χ4n) is 1.17. The highest BCUT2D eigenvalue weighted by atomic mass is 16.5. The Kier molecular flexibility index (Phi) is 6.19. The third-order valence-electron chi connectivity index (χ3n) is 2.02. The first-order chi connectivity index (χ1) is 7.81. The maximum absolute atomic E-state index is 11.8. The molecule has 0 aliphatic heterocycles. The van der Waals surface area contributed by atoms with E-state index in [1.165, 1.54) is 0 Å². The van der Waals surface area contributed by atoms with Crippen LogP contribution in [0.1, 0.15) is 20.8 Å². The summed E-state index contributed by atoms with van der Waals surface area (Å²) in [6.45, 7) is 4.48. The lowest BCUT2D eigenvalue weighted by atomic mass is 10.2. The average Bonchev–Trinajstić information content (AvgIpc) is 2.23. The van der Waals surface area contributed by atoms with Gasteiger partial charge in [-0.3, -0.25) is 9.59 Å². The number of ether oxygens (including phenoxy) is 1. The highest BCUT2D eigenvalue weighted by Crippen LogP contribution is 2.02. The van der Waals surface area contributed by atoms with E-state index in [0.717, 1.165) is 4.90 Å². The van der Waals surface area contributed by atoms with E-state index < -0.39 is 30.4 Å². The van der Waals surface area contributed by atoms with Crippen LogP contribution in [0.15, 0.2) is 0 Å². The van der Waals surface area contributed by atoms with E-state index in [-0.39, 0.29) is 12.6 Å². The largest absolute Gasteiger partial charge is 0.480 e. The summed E-state index contributed by atoms with van der Waals surface area (Å²) in [6, 6.07) is -1.84. The second kappa shape index (κ2) is 6.85. The third kappa shape index (κ3) is 4.81. The minimum absolute atomic E-state index is 0.112. The van der Waals surface area contributed by atoms with Crippen LogP contribution in [0.3, 0.4) is 0 Å². The molecule has 0 aromatic carbocycles. The molecule has 98 valence electrons. The van der Waals surface area contributed by atoms with Crippen LogP contribution in [0.2, 0.25) is 0 Å². The first-order valence-electron chi connectivity index (χ1n) is 5.25. The standard InChI is InChI=1S/C10H18N2O5/c1-4-17-10(16)8(11)9(15)12(6(2)3)5-7(13)14/h6,8H,4-5,11H2,1-3H3,(H,13,14). The van der Waals surface area contributed by atoms with Crippen molar-refractivity contribution < 1.29 is 24.2 Å². The van der Waals surface area contributed by atoms with E-state index in [1.54, 1.807) is 20.8 Å². The molecule has 7 heteroatoms. The summed E-state index contributed by atoms with van der Waals surface area (Å²) in [5.41, 5.74) is 5.40. The molecule has 7 nitrogen and oxygen atoms in total. The van der Waals surface area contributed by atoms with Gasteiger partial charge in [0.05, 0.1) is 6.61 Å². The maximum Gasteiger partial charge on any atom is 0.332 e. The van der Waals surface area contributed by atoms with Crippen LogP contribution < -0.4 is 5.73 Å². The van der Waals surface area contributed by atoms with Gasteiger partial charge in [-0.25, -0.2) is 4.79 Å². The molecule has 0 rings (SSSR count). The fourth-order valence-corrected chi connectivity index (χ4v) is 1.17. The number of esters is 1. The normalized spacial score (nSPS) is 12.1. The number of amides is 1. The number of hydrogen-bond acceptors (Lipinski definition) is 5. The maximum atomic E-state index is 11.8. The van der Waals surface area contributed by atoms with Crippen LogP contribution >= 0.6 is 0 Å². The van der Waals surface area contributed by atoms with Crippen molar-refractivity contribution in [3.63, 3.8) is 0 Å². The Labute approximate surface area is 99.5 Å². The number of carbonyl (C=O) groups excluding carboxylic acids is 2. The van der Waals surface area contributed by atoms with Gasteiger partial charge in [-0.1, -0.05) is 0 Å². The molecule has 0 aromatic heterocycles. The van der Waals surface area contributed by atoms with Gasteiger partial charge in [0.1, 0.15) is 6.54 Å². The van der Waals surface area contributed by atoms with E-state index in [0.29, 0.717) is 0 Å². The van der Waals surface area contributed by atoms with E-state index >= 15 is 0 Å². The Hall–Kier alpha value is -1.63. The minimum atomic E-state index is -1.48. The molecule has 0 saturated heterocycles. The van der Waals surface area contributed by atoms with Crippen molar-refractivity contribution in [3.8, 4) is 0 Å². The molecule has 0 aromatic rings.